The van der Waals surface area contributed by atoms with E-state index < -0.39 is 11.4 Å². The summed E-state index contributed by atoms with van der Waals surface area (Å²) in [7, 11) is 0. The number of ether oxygens (including phenoxy) is 2. The largest absolute Gasteiger partial charge is 0.393 e. The van der Waals surface area contributed by atoms with Gasteiger partial charge in [-0.25, -0.2) is 0 Å². The lowest BCUT2D eigenvalue weighted by molar-refractivity contribution is -0.300. The van der Waals surface area contributed by atoms with Gasteiger partial charge in [-0.15, -0.1) is 0 Å². The predicted octanol–water partition coefficient (Wildman–Crippen LogP) is 4.27. The molecule has 0 aromatic carbocycles. The molecule has 0 amide bonds. The summed E-state index contributed by atoms with van der Waals surface area (Å²) in [6.45, 7) is 13.1. The van der Waals surface area contributed by atoms with Crippen molar-refractivity contribution < 1.29 is 24.8 Å². The van der Waals surface area contributed by atoms with Crippen molar-refractivity contribution in [1.29, 1.82) is 0 Å². The molecule has 1 spiro atoms. The third-order valence-corrected chi connectivity index (χ3v) is 12.5. The summed E-state index contributed by atoms with van der Waals surface area (Å²) in [4.78, 5) is 0. The SMILES string of the molecule is C[C@H]1C[C@@]2(O[C@H]3CC4C5CCC6C[C@H](O)CC[C@]6(C)C5C(O)C[C@]4(C)C3C2(C)O)OC1(C)C. The van der Waals surface area contributed by atoms with Gasteiger partial charge in [0.15, 0.2) is 5.79 Å². The van der Waals surface area contributed by atoms with Gasteiger partial charge in [-0.3, -0.25) is 0 Å². The van der Waals surface area contributed by atoms with Crippen LogP contribution in [0.3, 0.4) is 0 Å². The van der Waals surface area contributed by atoms with Crippen molar-refractivity contribution >= 4 is 0 Å². The zero-order valence-corrected chi connectivity index (χ0v) is 21.5. The number of hydrogen-bond donors (Lipinski definition) is 3. The van der Waals surface area contributed by atoms with Crippen LogP contribution < -0.4 is 0 Å². The topological polar surface area (TPSA) is 79.2 Å². The standard InChI is InChI=1S/C28H46O5/c1-15-13-28(33-24(15,2)3)27(6,31)23-21(32-28)12-19-18-8-7-16-11-17(29)9-10-25(16,4)22(18)20(30)14-26(19,23)5/h15-23,29-31H,7-14H2,1-6H3/t15-,16?,17+,18?,19?,20?,21-,22?,23?,25-,26-,27?,28+/m0/s1. The molecule has 2 heterocycles. The third kappa shape index (κ3) is 2.78. The molecule has 7 unspecified atom stereocenters. The molecular weight excluding hydrogens is 416 g/mol. The molecule has 6 rings (SSSR count). The van der Waals surface area contributed by atoms with Gasteiger partial charge in [-0.2, -0.15) is 0 Å². The molecule has 4 saturated carbocycles. The first kappa shape index (κ1) is 23.2. The van der Waals surface area contributed by atoms with Crippen LogP contribution in [-0.4, -0.2) is 50.6 Å². The molecule has 33 heavy (non-hydrogen) atoms. The molecule has 2 saturated heterocycles. The van der Waals surface area contributed by atoms with Crippen LogP contribution in [0, 0.1) is 46.3 Å². The Kier molecular flexibility index (Phi) is 4.76. The lowest BCUT2D eigenvalue weighted by Crippen LogP contribution is -2.62. The van der Waals surface area contributed by atoms with Crippen LogP contribution in [0.5, 0.6) is 0 Å². The van der Waals surface area contributed by atoms with Crippen LogP contribution >= 0.6 is 0 Å². The van der Waals surface area contributed by atoms with E-state index in [1.54, 1.807) is 0 Å². The molecule has 5 nitrogen and oxygen atoms in total. The summed E-state index contributed by atoms with van der Waals surface area (Å²) in [5.74, 6) is 1.08. The fourth-order valence-electron chi connectivity index (χ4n) is 10.7. The van der Waals surface area contributed by atoms with Crippen molar-refractivity contribution in [2.75, 3.05) is 0 Å². The number of hydrogen-bond acceptors (Lipinski definition) is 5. The molecule has 0 radical (unpaired) electrons. The van der Waals surface area contributed by atoms with Crippen molar-refractivity contribution in [2.24, 2.45) is 46.3 Å². The number of aliphatic hydroxyl groups excluding tert-OH is 2. The molecule has 4 aliphatic carbocycles. The first-order valence-corrected chi connectivity index (χ1v) is 13.7. The maximum absolute atomic E-state index is 12.2. The second-order valence-electron chi connectivity index (χ2n) is 14.4. The highest BCUT2D eigenvalue weighted by atomic mass is 16.7. The molecule has 0 bridgehead atoms. The quantitative estimate of drug-likeness (QED) is 0.501. The number of rotatable bonds is 0. The Morgan fingerprint density at radius 3 is 2.27 bits per heavy atom. The molecule has 188 valence electrons. The van der Waals surface area contributed by atoms with Crippen LogP contribution in [0.1, 0.15) is 92.9 Å². The summed E-state index contributed by atoms with van der Waals surface area (Å²) >= 11 is 0. The molecule has 2 aliphatic heterocycles. The predicted molar refractivity (Wildman–Crippen MR) is 125 cm³/mol. The average Bonchev–Trinajstić information content (AvgIpc) is 3.20. The van der Waals surface area contributed by atoms with Crippen molar-refractivity contribution in [2.45, 2.75) is 128 Å². The fraction of sp³-hybridized carbons (Fsp3) is 1.00. The Hall–Kier alpha value is -0.200. The molecular formula is C28H46O5. The van der Waals surface area contributed by atoms with E-state index in [-0.39, 0.29) is 40.7 Å². The van der Waals surface area contributed by atoms with E-state index in [1.165, 1.54) is 0 Å². The molecule has 6 aliphatic rings. The minimum atomic E-state index is -1.08. The molecule has 0 aromatic heterocycles. The highest BCUT2D eigenvalue weighted by Crippen LogP contribution is 2.72. The van der Waals surface area contributed by atoms with E-state index in [2.05, 4.69) is 34.6 Å². The molecule has 3 N–H and O–H groups in total. The Balaban J connectivity index is 1.34. The number of aliphatic hydroxyl groups is 3. The van der Waals surface area contributed by atoms with Gasteiger partial charge in [0.1, 0.15) is 5.60 Å². The first-order chi connectivity index (χ1) is 15.3. The summed E-state index contributed by atoms with van der Waals surface area (Å²) in [6, 6.07) is 0. The Morgan fingerprint density at radius 1 is 0.879 bits per heavy atom. The van der Waals surface area contributed by atoms with Crippen LogP contribution in [0.2, 0.25) is 0 Å². The highest BCUT2D eigenvalue weighted by molar-refractivity contribution is 5.22. The van der Waals surface area contributed by atoms with Crippen molar-refractivity contribution in [1.82, 2.24) is 0 Å². The van der Waals surface area contributed by atoms with Gasteiger partial charge in [0, 0.05) is 12.3 Å². The van der Waals surface area contributed by atoms with Gasteiger partial charge in [-0.05, 0) is 106 Å². The van der Waals surface area contributed by atoms with E-state index in [0.29, 0.717) is 29.6 Å². The zero-order chi connectivity index (χ0) is 23.8. The van der Waals surface area contributed by atoms with Crippen molar-refractivity contribution in [3.05, 3.63) is 0 Å². The summed E-state index contributed by atoms with van der Waals surface area (Å²) in [5.41, 5.74) is -1.45. The lowest BCUT2D eigenvalue weighted by atomic mass is 9.43. The molecule has 13 atom stereocenters. The van der Waals surface area contributed by atoms with Gasteiger partial charge in [0.25, 0.3) is 0 Å². The van der Waals surface area contributed by atoms with Crippen LogP contribution in [0.4, 0.5) is 0 Å². The summed E-state index contributed by atoms with van der Waals surface area (Å²) in [6.07, 6.45) is 6.94. The monoisotopic (exact) mass is 462 g/mol. The Morgan fingerprint density at radius 2 is 1.61 bits per heavy atom. The maximum atomic E-state index is 12.2. The average molecular weight is 463 g/mol. The Bertz CT molecular complexity index is 825. The summed E-state index contributed by atoms with van der Waals surface area (Å²) < 4.78 is 13.3. The van der Waals surface area contributed by atoms with Crippen LogP contribution in [-0.2, 0) is 9.47 Å². The number of fused-ring (bicyclic) bond motifs is 7. The molecule has 0 aromatic rings. The normalized spacial score (nSPS) is 63.7. The second-order valence-corrected chi connectivity index (χ2v) is 14.4. The Labute approximate surface area is 199 Å². The summed E-state index contributed by atoms with van der Waals surface area (Å²) in [5, 5.41) is 34.2. The van der Waals surface area contributed by atoms with Gasteiger partial charge < -0.3 is 24.8 Å². The zero-order valence-electron chi connectivity index (χ0n) is 21.5. The van der Waals surface area contributed by atoms with E-state index in [0.717, 1.165) is 51.4 Å². The second kappa shape index (κ2) is 6.76. The van der Waals surface area contributed by atoms with Gasteiger partial charge in [0.05, 0.1) is 23.9 Å². The minimum absolute atomic E-state index is 0.0132. The molecule has 6 fully saturated rings. The molecule has 5 heteroatoms. The van der Waals surface area contributed by atoms with Crippen LogP contribution in [0.15, 0.2) is 0 Å². The fourth-order valence-corrected chi connectivity index (χ4v) is 10.7. The van der Waals surface area contributed by atoms with E-state index in [4.69, 9.17) is 9.47 Å². The van der Waals surface area contributed by atoms with Gasteiger partial charge in [-0.1, -0.05) is 20.8 Å². The van der Waals surface area contributed by atoms with Gasteiger partial charge in [0.2, 0.25) is 0 Å². The first-order valence-electron chi connectivity index (χ1n) is 13.7. The highest BCUT2D eigenvalue weighted by Gasteiger charge is 2.77. The van der Waals surface area contributed by atoms with E-state index in [9.17, 15) is 15.3 Å². The van der Waals surface area contributed by atoms with Crippen molar-refractivity contribution in [3.63, 3.8) is 0 Å². The van der Waals surface area contributed by atoms with Crippen molar-refractivity contribution in [3.8, 4) is 0 Å². The van der Waals surface area contributed by atoms with Crippen LogP contribution in [0.25, 0.3) is 0 Å². The minimum Gasteiger partial charge on any atom is -0.393 e. The van der Waals surface area contributed by atoms with Gasteiger partial charge >= 0.3 is 0 Å². The van der Waals surface area contributed by atoms with E-state index >= 15 is 0 Å². The lowest BCUT2D eigenvalue weighted by Gasteiger charge is -2.63. The third-order valence-electron chi connectivity index (χ3n) is 12.5. The van der Waals surface area contributed by atoms with E-state index in [1.807, 2.05) is 6.92 Å². The maximum Gasteiger partial charge on any atom is 0.198 e. The smallest absolute Gasteiger partial charge is 0.198 e.